The molecule has 1 aliphatic rings. The van der Waals surface area contributed by atoms with Crippen LogP contribution in [0.5, 0.6) is 0 Å². The van der Waals surface area contributed by atoms with Crippen molar-refractivity contribution in [2.45, 2.75) is 19.4 Å². The molecule has 0 unspecified atom stereocenters. The van der Waals surface area contributed by atoms with E-state index in [1.807, 2.05) is 48.2 Å². The normalized spacial score (nSPS) is 14.3. The van der Waals surface area contributed by atoms with E-state index in [4.69, 9.17) is 0 Å². The number of hydrogen-bond acceptors (Lipinski definition) is 3. The van der Waals surface area contributed by atoms with Crippen molar-refractivity contribution < 1.29 is 9.59 Å². The zero-order valence-corrected chi connectivity index (χ0v) is 19.1. The van der Waals surface area contributed by atoms with Gasteiger partial charge in [-0.1, -0.05) is 90.5 Å². The van der Waals surface area contributed by atoms with E-state index < -0.39 is 0 Å². The molecular formula is C28H31N3O2. The monoisotopic (exact) mass is 441 g/mol. The maximum Gasteiger partial charge on any atom is 0.317 e. The average Bonchev–Trinajstić information content (AvgIpc) is 2.86. The van der Waals surface area contributed by atoms with E-state index in [-0.39, 0.29) is 17.9 Å². The van der Waals surface area contributed by atoms with Crippen LogP contribution in [-0.2, 0) is 0 Å². The molecule has 1 heterocycles. The van der Waals surface area contributed by atoms with Crippen LogP contribution in [0.4, 0.5) is 4.79 Å². The third-order valence-electron chi connectivity index (χ3n) is 6.20. The van der Waals surface area contributed by atoms with Gasteiger partial charge in [-0.25, -0.2) is 4.79 Å². The number of piperazine rings is 1. The van der Waals surface area contributed by atoms with Crippen LogP contribution >= 0.6 is 0 Å². The highest BCUT2D eigenvalue weighted by Crippen LogP contribution is 2.29. The van der Waals surface area contributed by atoms with Gasteiger partial charge in [-0.15, -0.1) is 0 Å². The third-order valence-corrected chi connectivity index (χ3v) is 6.20. The number of carbonyl (C=O) groups is 2. The molecule has 0 radical (unpaired) electrons. The molecule has 5 nitrogen and oxygen atoms in total. The molecule has 2 amide bonds. The van der Waals surface area contributed by atoms with Gasteiger partial charge in [0.15, 0.2) is 5.78 Å². The fraction of sp³-hybridized carbons (Fsp3) is 0.286. The minimum absolute atomic E-state index is 0.0497. The van der Waals surface area contributed by atoms with Crippen molar-refractivity contribution in [2.75, 3.05) is 32.7 Å². The number of urea groups is 1. The third kappa shape index (κ3) is 5.88. The highest BCUT2D eigenvalue weighted by atomic mass is 16.2. The van der Waals surface area contributed by atoms with Crippen LogP contribution in [0.1, 0.15) is 39.5 Å². The van der Waals surface area contributed by atoms with Crippen LogP contribution in [0.3, 0.4) is 0 Å². The Bertz CT molecular complexity index is 1000. The highest BCUT2D eigenvalue weighted by Gasteiger charge is 2.28. The quantitative estimate of drug-likeness (QED) is 0.542. The smallest absolute Gasteiger partial charge is 0.317 e. The first-order chi connectivity index (χ1) is 16.1. The topological polar surface area (TPSA) is 52.7 Å². The summed E-state index contributed by atoms with van der Waals surface area (Å²) in [6, 6.07) is 28.7. The van der Waals surface area contributed by atoms with Gasteiger partial charge in [-0.05, 0) is 18.1 Å². The Morgan fingerprint density at radius 3 is 1.88 bits per heavy atom. The summed E-state index contributed by atoms with van der Waals surface area (Å²) in [7, 11) is 0. The van der Waals surface area contributed by atoms with Crippen LogP contribution in [0.25, 0.3) is 0 Å². The van der Waals surface area contributed by atoms with E-state index in [1.54, 1.807) is 0 Å². The number of rotatable bonds is 7. The first kappa shape index (κ1) is 22.7. The molecule has 0 aromatic heterocycles. The van der Waals surface area contributed by atoms with Gasteiger partial charge in [0.25, 0.3) is 0 Å². The Balaban J connectivity index is 1.30. The van der Waals surface area contributed by atoms with Gasteiger partial charge in [0.2, 0.25) is 0 Å². The standard InChI is InChI=1S/C28H31N3O2/c1-22-12-14-23(15-13-22)26(32)16-17-29-28(33)31-20-18-30(19-21-31)27(24-8-4-2-5-9-24)25-10-6-3-7-11-25/h2-15,27H,16-21H2,1H3,(H,29,33). The second-order valence-corrected chi connectivity index (χ2v) is 8.52. The number of nitrogens with zero attached hydrogens (tertiary/aromatic N) is 2. The largest absolute Gasteiger partial charge is 0.338 e. The average molecular weight is 442 g/mol. The van der Waals surface area contributed by atoms with E-state index in [9.17, 15) is 9.59 Å². The molecule has 1 N–H and O–H groups in total. The number of hydrogen-bond donors (Lipinski definition) is 1. The van der Waals surface area contributed by atoms with Crippen molar-refractivity contribution in [3.05, 3.63) is 107 Å². The van der Waals surface area contributed by atoms with E-state index in [0.717, 1.165) is 18.7 Å². The number of amides is 2. The lowest BCUT2D eigenvalue weighted by Crippen LogP contribution is -2.52. The Morgan fingerprint density at radius 1 is 0.788 bits per heavy atom. The molecule has 1 saturated heterocycles. The summed E-state index contributed by atoms with van der Waals surface area (Å²) in [5, 5.41) is 2.92. The van der Waals surface area contributed by atoms with Gasteiger partial charge in [-0.2, -0.15) is 0 Å². The van der Waals surface area contributed by atoms with E-state index in [1.165, 1.54) is 11.1 Å². The predicted octanol–water partition coefficient (Wildman–Crippen LogP) is 4.68. The summed E-state index contributed by atoms with van der Waals surface area (Å²) in [4.78, 5) is 29.3. The first-order valence-electron chi connectivity index (χ1n) is 11.6. The van der Waals surface area contributed by atoms with Crippen LogP contribution in [0, 0.1) is 6.92 Å². The van der Waals surface area contributed by atoms with Crippen LogP contribution in [-0.4, -0.2) is 54.3 Å². The molecule has 0 spiro atoms. The molecule has 170 valence electrons. The van der Waals surface area contributed by atoms with Gasteiger partial charge in [0, 0.05) is 44.7 Å². The summed E-state index contributed by atoms with van der Waals surface area (Å²) in [5.41, 5.74) is 4.34. The Kier molecular flexibility index (Phi) is 7.53. The second kappa shape index (κ2) is 10.9. The van der Waals surface area contributed by atoms with Crippen LogP contribution < -0.4 is 5.32 Å². The van der Waals surface area contributed by atoms with Crippen molar-refractivity contribution in [1.29, 1.82) is 0 Å². The zero-order chi connectivity index (χ0) is 23.0. The number of nitrogens with one attached hydrogen (secondary N) is 1. The van der Waals surface area contributed by atoms with Crippen LogP contribution in [0.2, 0.25) is 0 Å². The Hall–Kier alpha value is -3.44. The van der Waals surface area contributed by atoms with E-state index in [2.05, 4.69) is 58.7 Å². The number of ketones is 1. The zero-order valence-electron chi connectivity index (χ0n) is 19.1. The summed E-state index contributed by atoms with van der Waals surface area (Å²) in [6.07, 6.45) is 0.304. The molecule has 4 rings (SSSR count). The fourth-order valence-electron chi connectivity index (χ4n) is 4.35. The van der Waals surface area contributed by atoms with Gasteiger partial charge in [-0.3, -0.25) is 9.69 Å². The molecule has 0 aliphatic carbocycles. The minimum Gasteiger partial charge on any atom is -0.338 e. The minimum atomic E-state index is -0.0951. The predicted molar refractivity (Wildman–Crippen MR) is 131 cm³/mol. The summed E-state index contributed by atoms with van der Waals surface area (Å²) in [6.45, 7) is 5.26. The van der Waals surface area contributed by atoms with Gasteiger partial charge < -0.3 is 10.2 Å². The Morgan fingerprint density at radius 2 is 1.33 bits per heavy atom. The molecule has 5 heteroatoms. The molecule has 0 bridgehead atoms. The Labute approximate surface area is 196 Å². The SMILES string of the molecule is Cc1ccc(C(=O)CCNC(=O)N2CCN(C(c3ccccc3)c3ccccc3)CC2)cc1. The molecule has 3 aromatic carbocycles. The molecule has 0 atom stereocenters. The molecule has 1 aliphatic heterocycles. The molecule has 0 saturated carbocycles. The van der Waals surface area contributed by atoms with Crippen molar-refractivity contribution in [2.24, 2.45) is 0 Å². The van der Waals surface area contributed by atoms with E-state index in [0.29, 0.717) is 31.6 Å². The van der Waals surface area contributed by atoms with Crippen molar-refractivity contribution >= 4 is 11.8 Å². The number of carbonyl (C=O) groups excluding carboxylic acids is 2. The summed E-state index contributed by atoms with van der Waals surface area (Å²) < 4.78 is 0. The lowest BCUT2D eigenvalue weighted by atomic mass is 9.96. The fourth-order valence-corrected chi connectivity index (χ4v) is 4.35. The van der Waals surface area contributed by atoms with Crippen molar-refractivity contribution in [3.63, 3.8) is 0 Å². The summed E-state index contributed by atoms with van der Waals surface area (Å²) >= 11 is 0. The van der Waals surface area contributed by atoms with Crippen molar-refractivity contribution in [3.8, 4) is 0 Å². The van der Waals surface area contributed by atoms with E-state index >= 15 is 0 Å². The first-order valence-corrected chi connectivity index (χ1v) is 11.6. The molecule has 33 heavy (non-hydrogen) atoms. The maximum absolute atomic E-state index is 12.7. The van der Waals surface area contributed by atoms with Gasteiger partial charge in [0.05, 0.1) is 6.04 Å². The van der Waals surface area contributed by atoms with Crippen LogP contribution in [0.15, 0.2) is 84.9 Å². The van der Waals surface area contributed by atoms with Gasteiger partial charge in [0.1, 0.15) is 0 Å². The lowest BCUT2D eigenvalue weighted by molar-refractivity contribution is 0.0980. The van der Waals surface area contributed by atoms with Gasteiger partial charge >= 0.3 is 6.03 Å². The number of benzene rings is 3. The van der Waals surface area contributed by atoms with Crippen molar-refractivity contribution in [1.82, 2.24) is 15.1 Å². The molecular weight excluding hydrogens is 410 g/mol. The number of aryl methyl sites for hydroxylation is 1. The number of Topliss-reactive ketones (excluding diaryl/α,β-unsaturated/α-hetero) is 1. The summed E-state index contributed by atoms with van der Waals surface area (Å²) in [5.74, 6) is 0.0497. The lowest BCUT2D eigenvalue weighted by Gasteiger charge is -2.39. The maximum atomic E-state index is 12.7. The molecule has 3 aromatic rings. The highest BCUT2D eigenvalue weighted by molar-refractivity contribution is 5.96. The molecule has 1 fully saturated rings. The second-order valence-electron chi connectivity index (χ2n) is 8.52.